The molecule has 0 spiro atoms. The van der Waals surface area contributed by atoms with Gasteiger partial charge in [-0.05, 0) is 47.5 Å². The highest BCUT2D eigenvalue weighted by Gasteiger charge is 2.18. The fourth-order valence-electron chi connectivity index (χ4n) is 1.86. The van der Waals surface area contributed by atoms with Gasteiger partial charge in [0.15, 0.2) is 0 Å². The average Bonchev–Trinajstić information content (AvgIpc) is 2.34. The van der Waals surface area contributed by atoms with Crippen LogP contribution in [-0.2, 0) is 0 Å². The van der Waals surface area contributed by atoms with Crippen LogP contribution < -0.4 is 0 Å². The Kier molecular flexibility index (Phi) is 3.36. The summed E-state index contributed by atoms with van der Waals surface area (Å²) < 4.78 is 53.2. The third-order valence-corrected chi connectivity index (χ3v) is 2.85. The van der Waals surface area contributed by atoms with Crippen LogP contribution in [-0.4, -0.2) is 0 Å². The maximum absolute atomic E-state index is 13.6. The first-order chi connectivity index (χ1) is 8.49. The molecule has 0 N–H and O–H groups in total. The largest absolute Gasteiger partial charge is 0.207 e. The molecule has 0 saturated heterocycles. The van der Waals surface area contributed by atoms with Gasteiger partial charge in [-0.3, -0.25) is 0 Å². The Bertz CT molecular complexity index is 527. The normalized spacial score (nSPS) is 11.0. The van der Waals surface area contributed by atoms with Crippen LogP contribution in [0.25, 0.3) is 0 Å². The topological polar surface area (TPSA) is 0 Å². The SMILES string of the molecule is CC(c1cc(F)ccc1F)c1cc(F)ccc1F. The van der Waals surface area contributed by atoms with Crippen LogP contribution in [0.3, 0.4) is 0 Å². The lowest BCUT2D eigenvalue weighted by atomic mass is 9.92. The summed E-state index contributed by atoms with van der Waals surface area (Å²) in [5.41, 5.74) is -0.000926. The van der Waals surface area contributed by atoms with Crippen LogP contribution in [0.4, 0.5) is 17.6 Å². The highest BCUT2D eigenvalue weighted by Crippen LogP contribution is 2.29. The maximum Gasteiger partial charge on any atom is 0.127 e. The second-order valence-corrected chi connectivity index (χ2v) is 4.05. The van der Waals surface area contributed by atoms with Crippen LogP contribution in [0.5, 0.6) is 0 Å². The molecule has 0 aliphatic carbocycles. The van der Waals surface area contributed by atoms with Crippen molar-refractivity contribution >= 4 is 0 Å². The molecule has 0 unspecified atom stereocenters. The van der Waals surface area contributed by atoms with Gasteiger partial charge in [-0.2, -0.15) is 0 Å². The Morgan fingerprint density at radius 2 is 1.11 bits per heavy atom. The molecule has 0 heterocycles. The smallest absolute Gasteiger partial charge is 0.127 e. The van der Waals surface area contributed by atoms with Gasteiger partial charge in [0, 0.05) is 5.92 Å². The molecule has 2 aromatic rings. The quantitative estimate of drug-likeness (QED) is 0.697. The number of benzene rings is 2. The van der Waals surface area contributed by atoms with Crippen molar-refractivity contribution in [3.05, 3.63) is 70.8 Å². The fourth-order valence-corrected chi connectivity index (χ4v) is 1.86. The second-order valence-electron chi connectivity index (χ2n) is 4.05. The van der Waals surface area contributed by atoms with Crippen LogP contribution in [0.15, 0.2) is 36.4 Å². The summed E-state index contributed by atoms with van der Waals surface area (Å²) in [6.07, 6.45) is 0. The summed E-state index contributed by atoms with van der Waals surface area (Å²) in [5.74, 6) is -3.29. The van der Waals surface area contributed by atoms with E-state index in [1.165, 1.54) is 6.92 Å². The van der Waals surface area contributed by atoms with Crippen molar-refractivity contribution in [2.24, 2.45) is 0 Å². The summed E-state index contributed by atoms with van der Waals surface area (Å²) in [6, 6.07) is 5.88. The Balaban J connectivity index is 2.50. The van der Waals surface area contributed by atoms with E-state index in [1.807, 2.05) is 0 Å². The van der Waals surface area contributed by atoms with E-state index in [1.54, 1.807) is 0 Å². The third kappa shape index (κ3) is 2.37. The molecule has 0 bridgehead atoms. The van der Waals surface area contributed by atoms with Gasteiger partial charge in [0.05, 0.1) is 0 Å². The summed E-state index contributed by atoms with van der Waals surface area (Å²) in [5, 5.41) is 0. The zero-order valence-corrected chi connectivity index (χ0v) is 9.55. The summed E-state index contributed by atoms with van der Waals surface area (Å²) >= 11 is 0. The van der Waals surface area contributed by atoms with Gasteiger partial charge in [-0.25, -0.2) is 17.6 Å². The number of halogens is 4. The molecule has 18 heavy (non-hydrogen) atoms. The summed E-state index contributed by atoms with van der Waals surface area (Å²) in [7, 11) is 0. The van der Waals surface area contributed by atoms with Gasteiger partial charge >= 0.3 is 0 Å². The molecule has 0 saturated carbocycles. The van der Waals surface area contributed by atoms with E-state index in [2.05, 4.69) is 0 Å². The van der Waals surface area contributed by atoms with Crippen LogP contribution in [0.2, 0.25) is 0 Å². The predicted molar refractivity (Wildman–Crippen MR) is 60.2 cm³/mol. The molecule has 0 atom stereocenters. The third-order valence-electron chi connectivity index (χ3n) is 2.85. The summed E-state index contributed by atoms with van der Waals surface area (Å²) in [4.78, 5) is 0. The van der Waals surface area contributed by atoms with Crippen LogP contribution in [0.1, 0.15) is 24.0 Å². The first-order valence-electron chi connectivity index (χ1n) is 5.39. The van der Waals surface area contributed by atoms with E-state index < -0.39 is 29.2 Å². The van der Waals surface area contributed by atoms with Crippen molar-refractivity contribution in [3.8, 4) is 0 Å². The van der Waals surface area contributed by atoms with E-state index >= 15 is 0 Å². The molecule has 0 fully saturated rings. The molecule has 0 aliphatic rings. The lowest BCUT2D eigenvalue weighted by Crippen LogP contribution is -2.03. The highest BCUT2D eigenvalue weighted by molar-refractivity contribution is 5.34. The van der Waals surface area contributed by atoms with Crippen molar-refractivity contribution < 1.29 is 17.6 Å². The van der Waals surface area contributed by atoms with Gasteiger partial charge in [-0.1, -0.05) is 6.92 Å². The number of hydrogen-bond acceptors (Lipinski definition) is 0. The van der Waals surface area contributed by atoms with Crippen molar-refractivity contribution in [1.82, 2.24) is 0 Å². The Morgan fingerprint density at radius 3 is 1.50 bits per heavy atom. The Labute approximate surface area is 102 Å². The Morgan fingerprint density at radius 1 is 0.722 bits per heavy atom. The zero-order chi connectivity index (χ0) is 13.3. The van der Waals surface area contributed by atoms with Crippen LogP contribution in [0, 0.1) is 23.3 Å². The highest BCUT2D eigenvalue weighted by atomic mass is 19.1. The molecule has 0 aliphatic heterocycles. The lowest BCUT2D eigenvalue weighted by Gasteiger charge is -2.14. The molecule has 94 valence electrons. The molecular weight excluding hydrogens is 244 g/mol. The average molecular weight is 254 g/mol. The van der Waals surface area contributed by atoms with Crippen molar-refractivity contribution in [2.75, 3.05) is 0 Å². The van der Waals surface area contributed by atoms with Crippen LogP contribution >= 0.6 is 0 Å². The molecular formula is C14H10F4. The molecule has 4 heteroatoms. The van der Waals surface area contributed by atoms with Gasteiger partial charge < -0.3 is 0 Å². The first-order valence-corrected chi connectivity index (χ1v) is 5.39. The minimum Gasteiger partial charge on any atom is -0.207 e. The minimum atomic E-state index is -0.767. The van der Waals surface area contributed by atoms with E-state index in [0.717, 1.165) is 36.4 Å². The molecule has 0 nitrogen and oxygen atoms in total. The standard InChI is InChI=1S/C14H10F4/c1-8(11-6-9(15)2-4-13(11)17)12-7-10(16)3-5-14(12)18/h2-8H,1H3. The molecule has 0 amide bonds. The van der Waals surface area contributed by atoms with Gasteiger partial charge in [0.1, 0.15) is 23.3 Å². The van der Waals surface area contributed by atoms with Gasteiger partial charge in [0.2, 0.25) is 0 Å². The van der Waals surface area contributed by atoms with Crippen molar-refractivity contribution in [3.63, 3.8) is 0 Å². The van der Waals surface area contributed by atoms with E-state index in [4.69, 9.17) is 0 Å². The monoisotopic (exact) mass is 254 g/mol. The Hall–Kier alpha value is -1.84. The molecule has 0 radical (unpaired) electrons. The van der Waals surface area contributed by atoms with Crippen molar-refractivity contribution in [1.29, 1.82) is 0 Å². The second kappa shape index (κ2) is 4.80. The molecule has 2 aromatic carbocycles. The van der Waals surface area contributed by atoms with E-state index in [9.17, 15) is 17.6 Å². The van der Waals surface area contributed by atoms with Gasteiger partial charge in [-0.15, -0.1) is 0 Å². The maximum atomic E-state index is 13.6. The first kappa shape index (κ1) is 12.6. The number of rotatable bonds is 2. The fraction of sp³-hybridized carbons (Fsp3) is 0.143. The predicted octanol–water partition coefficient (Wildman–Crippen LogP) is 4.39. The van der Waals surface area contributed by atoms with Gasteiger partial charge in [0.25, 0.3) is 0 Å². The van der Waals surface area contributed by atoms with E-state index in [-0.39, 0.29) is 11.1 Å². The van der Waals surface area contributed by atoms with E-state index in [0.29, 0.717) is 0 Å². The number of hydrogen-bond donors (Lipinski definition) is 0. The molecule has 0 aromatic heterocycles. The lowest BCUT2D eigenvalue weighted by molar-refractivity contribution is 0.559. The zero-order valence-electron chi connectivity index (χ0n) is 9.55. The van der Waals surface area contributed by atoms with Crippen molar-refractivity contribution in [2.45, 2.75) is 12.8 Å². The molecule has 2 rings (SSSR count). The minimum absolute atomic E-state index is 0.000463. The summed E-state index contributed by atoms with van der Waals surface area (Å²) in [6.45, 7) is 1.50.